The van der Waals surface area contributed by atoms with E-state index in [0.717, 1.165) is 45.1 Å². The van der Waals surface area contributed by atoms with Gasteiger partial charge in [0.05, 0.1) is 30.3 Å². The number of hydrogen-bond donors (Lipinski definition) is 1. The van der Waals surface area contributed by atoms with Crippen molar-refractivity contribution in [3.8, 4) is 11.7 Å². The number of halogens is 2. The molecule has 0 bridgehead atoms. The lowest BCUT2D eigenvalue weighted by Gasteiger charge is -2.31. The molecule has 6 rings (SSSR count). The number of likely N-dealkylation sites (N-methyl/N-ethyl adjacent to an activating group) is 1. The number of alkyl halides is 2. The summed E-state index contributed by atoms with van der Waals surface area (Å²) in [6.07, 6.45) is 2.20. The number of ether oxygens (including phenoxy) is 2. The first-order valence-corrected chi connectivity index (χ1v) is 14.1. The molecule has 40 heavy (non-hydrogen) atoms. The van der Waals surface area contributed by atoms with E-state index in [1.807, 2.05) is 11.9 Å². The highest BCUT2D eigenvalue weighted by Gasteiger charge is 2.31. The van der Waals surface area contributed by atoms with Gasteiger partial charge in [0.2, 0.25) is 17.7 Å². The van der Waals surface area contributed by atoms with Crippen molar-refractivity contribution in [3.05, 3.63) is 36.2 Å². The number of para-hydroxylation sites is 2. The molecule has 0 radical (unpaired) electrons. The Hall–Kier alpha value is -3.38. The van der Waals surface area contributed by atoms with Gasteiger partial charge in [0.25, 0.3) is 6.43 Å². The van der Waals surface area contributed by atoms with Gasteiger partial charge >= 0.3 is 0 Å². The number of anilines is 1. The Labute approximate surface area is 231 Å². The molecule has 0 spiro atoms. The summed E-state index contributed by atoms with van der Waals surface area (Å²) in [6, 6.07) is 8.73. The summed E-state index contributed by atoms with van der Waals surface area (Å²) >= 11 is 0. The van der Waals surface area contributed by atoms with E-state index in [2.05, 4.69) is 20.2 Å². The molecule has 3 fully saturated rings. The molecule has 2 saturated heterocycles. The third kappa shape index (κ3) is 5.60. The number of carbonyl (C=O) groups is 1. The number of amides is 1. The topological polar surface area (TPSA) is 97.6 Å². The zero-order chi connectivity index (χ0) is 27.6. The van der Waals surface area contributed by atoms with Crippen molar-refractivity contribution in [1.29, 1.82) is 0 Å². The maximum atomic E-state index is 14.1. The standard InChI is InChI=1S/C28H35F2N7O3/c1-35-12-4-7-22(35)27(38)31-18-8-10-19(11-9-18)40-24-17-23(33-28(34-24)36-13-15-39-16-14-36)37-21-6-3-2-5-20(21)32-26(37)25(29)30/h2-3,5-6,17-19,22,25H,4,7-16H2,1H3,(H,31,38)/t18?,19?,22-/m1/s1. The predicted molar refractivity (Wildman–Crippen MR) is 145 cm³/mol. The van der Waals surface area contributed by atoms with E-state index in [1.165, 1.54) is 4.57 Å². The summed E-state index contributed by atoms with van der Waals surface area (Å²) in [5.74, 6) is 0.780. The minimum absolute atomic E-state index is 0.0376. The van der Waals surface area contributed by atoms with Gasteiger partial charge in [0.1, 0.15) is 11.9 Å². The van der Waals surface area contributed by atoms with Gasteiger partial charge in [-0.25, -0.2) is 13.8 Å². The van der Waals surface area contributed by atoms with E-state index in [4.69, 9.17) is 14.5 Å². The molecule has 3 aromatic rings. The summed E-state index contributed by atoms with van der Waals surface area (Å²) < 4.78 is 41.5. The highest BCUT2D eigenvalue weighted by Crippen LogP contribution is 2.31. The van der Waals surface area contributed by atoms with Crippen LogP contribution in [0.15, 0.2) is 30.3 Å². The lowest BCUT2D eigenvalue weighted by molar-refractivity contribution is -0.126. The maximum absolute atomic E-state index is 14.1. The number of hydrogen-bond acceptors (Lipinski definition) is 8. The quantitative estimate of drug-likeness (QED) is 0.473. The number of fused-ring (bicyclic) bond motifs is 1. The summed E-state index contributed by atoms with van der Waals surface area (Å²) in [5, 5.41) is 3.23. The second-order valence-electron chi connectivity index (χ2n) is 10.8. The number of nitrogens with zero attached hydrogens (tertiary/aromatic N) is 6. The average molecular weight is 556 g/mol. The number of rotatable bonds is 7. The molecule has 4 heterocycles. The summed E-state index contributed by atoms with van der Waals surface area (Å²) in [5.41, 5.74) is 1.01. The first-order valence-electron chi connectivity index (χ1n) is 14.1. The molecule has 12 heteroatoms. The van der Waals surface area contributed by atoms with Gasteiger partial charge in [-0.3, -0.25) is 14.3 Å². The van der Waals surface area contributed by atoms with Crippen LogP contribution in [0.25, 0.3) is 16.9 Å². The zero-order valence-corrected chi connectivity index (χ0v) is 22.6. The molecule has 1 atom stereocenters. The molecule has 1 saturated carbocycles. The van der Waals surface area contributed by atoms with E-state index < -0.39 is 6.43 Å². The van der Waals surface area contributed by atoms with E-state index >= 15 is 0 Å². The molecule has 214 valence electrons. The van der Waals surface area contributed by atoms with Crippen LogP contribution in [0.2, 0.25) is 0 Å². The number of nitrogens with one attached hydrogen (secondary N) is 1. The highest BCUT2D eigenvalue weighted by molar-refractivity contribution is 5.82. The fourth-order valence-electron chi connectivity index (χ4n) is 5.95. The Kier molecular flexibility index (Phi) is 7.79. The van der Waals surface area contributed by atoms with E-state index in [-0.39, 0.29) is 35.7 Å². The molecule has 2 aromatic heterocycles. The fraction of sp³-hybridized carbons (Fsp3) is 0.571. The summed E-state index contributed by atoms with van der Waals surface area (Å²) in [7, 11) is 2.00. The number of likely N-dealkylation sites (tertiary alicyclic amines) is 1. The van der Waals surface area contributed by atoms with Crippen molar-refractivity contribution < 1.29 is 23.0 Å². The molecule has 1 amide bonds. The second kappa shape index (κ2) is 11.6. The molecule has 3 aliphatic rings. The SMILES string of the molecule is CN1CCC[C@@H]1C(=O)NC1CCC(Oc2cc(-n3c(C(F)F)nc4ccccc43)nc(N3CCOCC3)n2)CC1. The first kappa shape index (κ1) is 26.8. The van der Waals surface area contributed by atoms with Crippen LogP contribution in [0.5, 0.6) is 5.88 Å². The summed E-state index contributed by atoms with van der Waals surface area (Å²) in [6.45, 7) is 3.21. The van der Waals surface area contributed by atoms with E-state index in [0.29, 0.717) is 49.2 Å². The molecular formula is C28H35F2N7O3. The van der Waals surface area contributed by atoms with Gasteiger partial charge in [0, 0.05) is 25.2 Å². The van der Waals surface area contributed by atoms with Gasteiger partial charge in [-0.05, 0) is 64.3 Å². The second-order valence-corrected chi connectivity index (χ2v) is 10.8. The van der Waals surface area contributed by atoms with Crippen LogP contribution in [-0.4, -0.2) is 88.4 Å². The van der Waals surface area contributed by atoms with E-state index in [9.17, 15) is 13.6 Å². The van der Waals surface area contributed by atoms with Crippen molar-refractivity contribution in [2.75, 3.05) is 44.8 Å². The number of imidazole rings is 1. The molecule has 1 aliphatic carbocycles. The number of carbonyl (C=O) groups excluding carboxylic acids is 1. The van der Waals surface area contributed by atoms with Gasteiger partial charge in [-0.2, -0.15) is 9.97 Å². The lowest BCUT2D eigenvalue weighted by Crippen LogP contribution is -2.47. The third-order valence-corrected chi connectivity index (χ3v) is 8.11. The molecular weight excluding hydrogens is 520 g/mol. The van der Waals surface area contributed by atoms with E-state index in [1.54, 1.807) is 30.3 Å². The highest BCUT2D eigenvalue weighted by atomic mass is 19.3. The van der Waals surface area contributed by atoms with Crippen molar-refractivity contribution >= 4 is 22.9 Å². The van der Waals surface area contributed by atoms with Crippen LogP contribution in [0.3, 0.4) is 0 Å². The largest absolute Gasteiger partial charge is 0.474 e. The van der Waals surface area contributed by atoms with Crippen molar-refractivity contribution in [2.24, 2.45) is 0 Å². The van der Waals surface area contributed by atoms with Crippen LogP contribution in [0.4, 0.5) is 14.7 Å². The zero-order valence-electron chi connectivity index (χ0n) is 22.6. The number of benzene rings is 1. The average Bonchev–Trinajstić information content (AvgIpc) is 3.58. The normalized spacial score (nSPS) is 24.1. The van der Waals surface area contributed by atoms with Gasteiger partial charge in [0.15, 0.2) is 5.82 Å². The van der Waals surface area contributed by atoms with Crippen molar-refractivity contribution in [3.63, 3.8) is 0 Å². The Morgan fingerprint density at radius 1 is 1.05 bits per heavy atom. The smallest absolute Gasteiger partial charge is 0.296 e. The van der Waals surface area contributed by atoms with Gasteiger partial charge in [-0.15, -0.1) is 0 Å². The van der Waals surface area contributed by atoms with Crippen LogP contribution >= 0.6 is 0 Å². The van der Waals surface area contributed by atoms with Crippen LogP contribution in [0.1, 0.15) is 50.8 Å². The third-order valence-electron chi connectivity index (χ3n) is 8.11. The van der Waals surface area contributed by atoms with Crippen LogP contribution in [0, 0.1) is 0 Å². The maximum Gasteiger partial charge on any atom is 0.296 e. The fourth-order valence-corrected chi connectivity index (χ4v) is 5.95. The van der Waals surface area contributed by atoms with Crippen LogP contribution in [-0.2, 0) is 9.53 Å². The Morgan fingerprint density at radius 2 is 1.82 bits per heavy atom. The van der Waals surface area contributed by atoms with Gasteiger partial charge < -0.3 is 19.7 Å². The minimum atomic E-state index is -2.78. The molecule has 1 aromatic carbocycles. The van der Waals surface area contributed by atoms with Crippen molar-refractivity contribution in [2.45, 2.75) is 63.1 Å². The first-order chi connectivity index (χ1) is 19.5. The molecule has 2 aliphatic heterocycles. The number of morpholine rings is 1. The van der Waals surface area contributed by atoms with Gasteiger partial charge in [-0.1, -0.05) is 12.1 Å². The Balaban J connectivity index is 1.23. The lowest BCUT2D eigenvalue weighted by atomic mass is 9.92. The monoisotopic (exact) mass is 555 g/mol. The summed E-state index contributed by atoms with van der Waals surface area (Å²) in [4.78, 5) is 30.4. The molecule has 1 N–H and O–H groups in total. The Morgan fingerprint density at radius 3 is 2.55 bits per heavy atom. The molecule has 10 nitrogen and oxygen atoms in total. The Bertz CT molecular complexity index is 1340. The van der Waals surface area contributed by atoms with Crippen molar-refractivity contribution in [1.82, 2.24) is 29.7 Å². The minimum Gasteiger partial charge on any atom is -0.474 e. The van der Waals surface area contributed by atoms with Crippen LogP contribution < -0.4 is 15.0 Å². The number of aromatic nitrogens is 4. The predicted octanol–water partition coefficient (Wildman–Crippen LogP) is 3.49. The molecule has 0 unspecified atom stereocenters.